The van der Waals surface area contributed by atoms with Gasteiger partial charge in [0, 0.05) is 15.8 Å². The highest BCUT2D eigenvalue weighted by atomic mass is 35.5. The maximum atomic E-state index is 12.3. The Morgan fingerprint density at radius 2 is 1.80 bits per heavy atom. The minimum atomic E-state index is -4.72. The third-order valence-electron chi connectivity index (χ3n) is 3.26. The summed E-state index contributed by atoms with van der Waals surface area (Å²) < 4.78 is 42.3. The van der Waals surface area contributed by atoms with Crippen LogP contribution in [0.25, 0.3) is 10.8 Å². The maximum absolute atomic E-state index is 12.3. The number of carboxylic acids is 1. The number of ether oxygens (including phenoxy) is 1. The van der Waals surface area contributed by atoms with E-state index in [1.54, 1.807) is 35.6 Å². The third kappa shape index (κ3) is 5.25. The maximum Gasteiger partial charge on any atom is 0.391 e. The zero-order valence-electron chi connectivity index (χ0n) is 12.6. The van der Waals surface area contributed by atoms with Crippen molar-refractivity contribution in [3.8, 4) is 5.75 Å². The number of carbonyl (C=O) groups is 2. The molecule has 2 N–H and O–H groups in total. The van der Waals surface area contributed by atoms with Gasteiger partial charge in [-0.1, -0.05) is 35.9 Å². The van der Waals surface area contributed by atoms with E-state index in [-0.39, 0.29) is 0 Å². The molecule has 0 aliphatic carbocycles. The number of carbonyl (C=O) groups excluding carboxylic acids is 1. The van der Waals surface area contributed by atoms with Crippen LogP contribution in [0.2, 0.25) is 5.02 Å². The highest BCUT2D eigenvalue weighted by molar-refractivity contribution is 6.35. The first kappa shape index (κ1) is 18.9. The van der Waals surface area contributed by atoms with Gasteiger partial charge in [0.2, 0.25) is 0 Å². The summed E-state index contributed by atoms with van der Waals surface area (Å²) in [5.41, 5.74) is 0. The van der Waals surface area contributed by atoms with Gasteiger partial charge < -0.3 is 15.2 Å². The van der Waals surface area contributed by atoms with Crippen molar-refractivity contribution >= 4 is 34.2 Å². The predicted molar refractivity (Wildman–Crippen MR) is 84.7 cm³/mol. The van der Waals surface area contributed by atoms with E-state index >= 15 is 0 Å². The molecule has 0 saturated carbocycles. The van der Waals surface area contributed by atoms with Crippen molar-refractivity contribution in [3.63, 3.8) is 0 Å². The van der Waals surface area contributed by atoms with Gasteiger partial charge in [-0.25, -0.2) is 4.79 Å². The number of hydrogen-bond donors (Lipinski definition) is 2. The fourth-order valence-corrected chi connectivity index (χ4v) is 2.40. The van der Waals surface area contributed by atoms with E-state index in [0.717, 1.165) is 0 Å². The zero-order chi connectivity index (χ0) is 18.6. The van der Waals surface area contributed by atoms with Crippen LogP contribution in [0.1, 0.15) is 6.42 Å². The molecule has 0 radical (unpaired) electrons. The minimum absolute atomic E-state index is 0.304. The summed E-state index contributed by atoms with van der Waals surface area (Å²) >= 11 is 6.05. The van der Waals surface area contributed by atoms with E-state index in [4.69, 9.17) is 21.4 Å². The lowest BCUT2D eigenvalue weighted by molar-refractivity contribution is -0.160. The molecule has 0 aliphatic rings. The Bertz CT molecular complexity index is 795. The number of aliphatic carboxylic acids is 1. The standard InChI is InChI=1S/C16H13ClF3NO4/c17-11-5-6-13(10-4-2-1-3-9(10)11)25-8-14(22)21-12(15(23)24)7-16(18,19)20/h1-6,12H,7-8H2,(H,21,22)(H,23,24). The van der Waals surface area contributed by atoms with Gasteiger partial charge in [0.25, 0.3) is 5.91 Å². The molecule has 0 heterocycles. The van der Waals surface area contributed by atoms with E-state index in [0.29, 0.717) is 21.5 Å². The summed E-state index contributed by atoms with van der Waals surface area (Å²) in [6.45, 7) is -0.632. The third-order valence-corrected chi connectivity index (χ3v) is 3.59. The lowest BCUT2D eigenvalue weighted by Crippen LogP contribution is -2.45. The second kappa shape index (κ2) is 7.60. The quantitative estimate of drug-likeness (QED) is 0.811. The average molecular weight is 376 g/mol. The fourth-order valence-electron chi connectivity index (χ4n) is 2.17. The van der Waals surface area contributed by atoms with E-state index in [1.165, 1.54) is 6.07 Å². The molecule has 2 aromatic rings. The van der Waals surface area contributed by atoms with Crippen LogP contribution >= 0.6 is 11.6 Å². The molecule has 1 unspecified atom stereocenters. The molecule has 0 bridgehead atoms. The van der Waals surface area contributed by atoms with Crippen molar-refractivity contribution < 1.29 is 32.6 Å². The van der Waals surface area contributed by atoms with E-state index in [9.17, 15) is 22.8 Å². The number of halogens is 4. The molecular formula is C16H13ClF3NO4. The summed E-state index contributed by atoms with van der Waals surface area (Å²) in [6, 6.07) is 7.95. The largest absolute Gasteiger partial charge is 0.483 e. The molecule has 9 heteroatoms. The van der Waals surface area contributed by atoms with Gasteiger partial charge in [-0.3, -0.25) is 4.79 Å². The van der Waals surface area contributed by atoms with Crippen LogP contribution in [0.3, 0.4) is 0 Å². The predicted octanol–water partition coefficient (Wildman–Crippen LogP) is 3.39. The van der Waals surface area contributed by atoms with Crippen LogP contribution in [0, 0.1) is 0 Å². The van der Waals surface area contributed by atoms with Crippen molar-refractivity contribution in [2.45, 2.75) is 18.6 Å². The van der Waals surface area contributed by atoms with Crippen molar-refractivity contribution in [1.82, 2.24) is 5.32 Å². The van der Waals surface area contributed by atoms with Gasteiger partial charge in [-0.05, 0) is 12.1 Å². The van der Waals surface area contributed by atoms with Gasteiger partial charge in [0.1, 0.15) is 11.8 Å². The van der Waals surface area contributed by atoms with E-state index < -0.39 is 37.1 Å². The first-order valence-corrected chi connectivity index (χ1v) is 7.44. The summed E-state index contributed by atoms with van der Waals surface area (Å²) in [6.07, 6.45) is -6.39. The molecule has 0 aromatic heterocycles. The Kier molecular flexibility index (Phi) is 5.73. The van der Waals surface area contributed by atoms with Crippen LogP contribution in [0.4, 0.5) is 13.2 Å². The molecule has 0 fully saturated rings. The van der Waals surface area contributed by atoms with Gasteiger partial charge in [-0.15, -0.1) is 0 Å². The number of rotatable bonds is 6. The first-order chi connectivity index (χ1) is 11.7. The molecule has 25 heavy (non-hydrogen) atoms. The minimum Gasteiger partial charge on any atom is -0.483 e. The molecule has 2 aromatic carbocycles. The van der Waals surface area contributed by atoms with Crippen LogP contribution in [-0.2, 0) is 9.59 Å². The highest BCUT2D eigenvalue weighted by Crippen LogP contribution is 2.31. The van der Waals surface area contributed by atoms with Gasteiger partial charge in [0.05, 0.1) is 6.42 Å². The van der Waals surface area contributed by atoms with Gasteiger partial charge in [-0.2, -0.15) is 13.2 Å². The number of hydrogen-bond acceptors (Lipinski definition) is 3. The molecule has 0 aliphatic heterocycles. The second-order valence-electron chi connectivity index (χ2n) is 5.16. The number of fused-ring (bicyclic) bond motifs is 1. The lowest BCUT2D eigenvalue weighted by Gasteiger charge is -2.17. The van der Waals surface area contributed by atoms with E-state index in [2.05, 4.69) is 0 Å². The van der Waals surface area contributed by atoms with E-state index in [1.807, 2.05) is 0 Å². The number of carboxylic acid groups (broad SMARTS) is 1. The Morgan fingerprint density at radius 1 is 1.16 bits per heavy atom. The average Bonchev–Trinajstić information content (AvgIpc) is 2.52. The molecular weight excluding hydrogens is 363 g/mol. The monoisotopic (exact) mass is 375 g/mol. The molecule has 5 nitrogen and oxygen atoms in total. The normalized spacial score (nSPS) is 12.6. The molecule has 0 saturated heterocycles. The zero-order valence-corrected chi connectivity index (χ0v) is 13.4. The summed E-state index contributed by atoms with van der Waals surface area (Å²) in [7, 11) is 0. The second-order valence-corrected chi connectivity index (χ2v) is 5.56. The van der Waals surface area contributed by atoms with Crippen LogP contribution in [0.15, 0.2) is 36.4 Å². The van der Waals surface area contributed by atoms with Crippen LogP contribution < -0.4 is 10.1 Å². The van der Waals surface area contributed by atoms with Crippen LogP contribution in [0.5, 0.6) is 5.75 Å². The molecule has 134 valence electrons. The Labute approximate surface area is 145 Å². The van der Waals surface area contributed by atoms with Gasteiger partial charge in [0.15, 0.2) is 6.61 Å². The lowest BCUT2D eigenvalue weighted by atomic mass is 10.1. The highest BCUT2D eigenvalue weighted by Gasteiger charge is 2.36. The number of nitrogens with one attached hydrogen (secondary N) is 1. The van der Waals surface area contributed by atoms with Crippen molar-refractivity contribution in [3.05, 3.63) is 41.4 Å². The van der Waals surface area contributed by atoms with Crippen molar-refractivity contribution in [1.29, 1.82) is 0 Å². The Balaban J connectivity index is 2.05. The molecule has 2 rings (SSSR count). The van der Waals surface area contributed by atoms with Gasteiger partial charge >= 0.3 is 12.1 Å². The first-order valence-electron chi connectivity index (χ1n) is 7.06. The number of benzene rings is 2. The summed E-state index contributed by atoms with van der Waals surface area (Å²) in [5.74, 6) is -2.45. The number of alkyl halides is 3. The van der Waals surface area contributed by atoms with Crippen molar-refractivity contribution in [2.75, 3.05) is 6.61 Å². The Morgan fingerprint density at radius 3 is 2.40 bits per heavy atom. The molecule has 1 amide bonds. The number of amides is 1. The topological polar surface area (TPSA) is 75.6 Å². The summed E-state index contributed by atoms with van der Waals surface area (Å²) in [4.78, 5) is 22.6. The Hall–Kier alpha value is -2.48. The molecule has 0 spiro atoms. The molecule has 1 atom stereocenters. The fraction of sp³-hybridized carbons (Fsp3) is 0.250. The smallest absolute Gasteiger partial charge is 0.391 e. The summed E-state index contributed by atoms with van der Waals surface area (Å²) in [5, 5.41) is 12.3. The SMILES string of the molecule is O=C(COc1ccc(Cl)c2ccccc12)NC(CC(F)(F)F)C(=O)O. The van der Waals surface area contributed by atoms with Crippen LogP contribution in [-0.4, -0.2) is 35.8 Å². The van der Waals surface area contributed by atoms with Crippen molar-refractivity contribution in [2.24, 2.45) is 0 Å².